The van der Waals surface area contributed by atoms with E-state index >= 15 is 0 Å². The smallest absolute Gasteiger partial charge is 0.269 e. The zero-order chi connectivity index (χ0) is 18.0. The molecule has 4 rings (SSSR count). The van der Waals surface area contributed by atoms with Crippen molar-refractivity contribution in [2.75, 3.05) is 20.2 Å². The lowest BCUT2D eigenvalue weighted by molar-refractivity contribution is -0.170. The van der Waals surface area contributed by atoms with Gasteiger partial charge in [-0.1, -0.05) is 43.3 Å². The third-order valence-corrected chi connectivity index (χ3v) is 6.17. The molecule has 4 heteroatoms. The highest BCUT2D eigenvalue weighted by Crippen LogP contribution is 2.51. The van der Waals surface area contributed by atoms with Crippen LogP contribution in [0.4, 0.5) is 5.82 Å². The van der Waals surface area contributed by atoms with Gasteiger partial charge in [0.1, 0.15) is 6.20 Å². The quantitative estimate of drug-likeness (QED) is 0.768. The van der Waals surface area contributed by atoms with Crippen molar-refractivity contribution >= 4 is 5.82 Å². The van der Waals surface area contributed by atoms with Gasteiger partial charge in [-0.25, -0.2) is 0 Å². The molecule has 2 atom stereocenters. The molecule has 0 amide bonds. The summed E-state index contributed by atoms with van der Waals surface area (Å²) in [6.45, 7) is 10.4. The predicted octanol–water partition coefficient (Wildman–Crippen LogP) is 4.41. The third kappa shape index (κ3) is 2.92. The van der Waals surface area contributed by atoms with Crippen LogP contribution in [0.5, 0.6) is 0 Å². The number of rotatable bonds is 4. The van der Waals surface area contributed by atoms with Crippen molar-refractivity contribution in [3.8, 4) is 0 Å². The minimum atomic E-state index is -0.284. The van der Waals surface area contributed by atoms with Gasteiger partial charge in [0, 0.05) is 38.6 Å². The van der Waals surface area contributed by atoms with Crippen molar-refractivity contribution in [3.63, 3.8) is 0 Å². The first-order chi connectivity index (χ1) is 12.8. The van der Waals surface area contributed by atoms with Gasteiger partial charge < -0.3 is 9.58 Å². The van der Waals surface area contributed by atoms with Crippen LogP contribution in [-0.2, 0) is 16.9 Å². The Morgan fingerprint density at radius 2 is 1.92 bits per heavy atom. The second-order valence-electron chi connectivity index (χ2n) is 7.52. The number of ether oxygens (including phenoxy) is 1. The monoisotopic (exact) mass is 347 g/mol. The van der Waals surface area contributed by atoms with Gasteiger partial charge in [0.15, 0.2) is 0 Å². The fourth-order valence-corrected chi connectivity index (χ4v) is 5.14. The lowest BCUT2D eigenvalue weighted by Crippen LogP contribution is -2.58. The number of benzene rings is 1. The van der Waals surface area contributed by atoms with E-state index < -0.39 is 0 Å². The Kier molecular flexibility index (Phi) is 4.76. The van der Waals surface area contributed by atoms with E-state index in [9.17, 15) is 0 Å². The molecule has 2 unspecified atom stereocenters. The second kappa shape index (κ2) is 7.19. The normalized spacial score (nSPS) is 28.5. The van der Waals surface area contributed by atoms with Gasteiger partial charge in [0.25, 0.3) is 5.82 Å². The molecular formula is C22H25N3O. The van der Waals surface area contributed by atoms with Crippen molar-refractivity contribution < 1.29 is 4.74 Å². The number of fused-ring (bicyclic) bond motifs is 2. The molecule has 134 valence electrons. The maximum Gasteiger partial charge on any atom is 0.269 e. The standard InChI is InChI=1S/C22H25N3O/c1-23-21-13-18(11-12-24-21)22(26-2)19-9-6-10-20(22)16-25(15-19)14-17-7-4-3-5-8-17/h3-5,7-8,11-13,19-20H,6,9-10,14-16H2,2H3. The molecule has 1 aromatic heterocycles. The summed E-state index contributed by atoms with van der Waals surface area (Å²) in [6, 6.07) is 14.7. The molecule has 0 radical (unpaired) electrons. The Morgan fingerprint density at radius 1 is 1.19 bits per heavy atom. The molecule has 2 fully saturated rings. The Morgan fingerprint density at radius 3 is 2.58 bits per heavy atom. The number of pyridine rings is 1. The van der Waals surface area contributed by atoms with E-state index in [4.69, 9.17) is 11.3 Å². The molecule has 2 heterocycles. The molecule has 2 aromatic rings. The van der Waals surface area contributed by atoms with Crippen LogP contribution in [-0.4, -0.2) is 30.1 Å². The Hall–Kier alpha value is -2.22. The van der Waals surface area contributed by atoms with E-state index in [-0.39, 0.29) is 5.60 Å². The maximum absolute atomic E-state index is 7.30. The molecule has 1 saturated carbocycles. The molecule has 0 spiro atoms. The van der Waals surface area contributed by atoms with Gasteiger partial charge in [-0.05, 0) is 36.1 Å². The van der Waals surface area contributed by atoms with Crippen molar-refractivity contribution in [1.29, 1.82) is 0 Å². The fraction of sp³-hybridized carbons (Fsp3) is 0.455. The van der Waals surface area contributed by atoms with Crippen LogP contribution in [0.3, 0.4) is 0 Å². The van der Waals surface area contributed by atoms with Crippen molar-refractivity contribution in [2.24, 2.45) is 11.8 Å². The fourth-order valence-electron chi connectivity index (χ4n) is 5.14. The van der Waals surface area contributed by atoms with Crippen LogP contribution in [0.1, 0.15) is 30.4 Å². The Labute approximate surface area is 155 Å². The molecule has 26 heavy (non-hydrogen) atoms. The lowest BCUT2D eigenvalue weighted by atomic mass is 9.62. The molecule has 1 aromatic carbocycles. The van der Waals surface area contributed by atoms with Crippen molar-refractivity contribution in [3.05, 3.63) is 71.2 Å². The summed E-state index contributed by atoms with van der Waals surface area (Å²) < 4.78 is 6.27. The third-order valence-electron chi connectivity index (χ3n) is 6.17. The van der Waals surface area contributed by atoms with Crippen LogP contribution in [0, 0.1) is 18.4 Å². The number of piperidine rings is 1. The zero-order valence-electron chi connectivity index (χ0n) is 15.3. The summed E-state index contributed by atoms with van der Waals surface area (Å²) in [5, 5.41) is 0. The van der Waals surface area contributed by atoms with Crippen molar-refractivity contribution in [2.45, 2.75) is 31.4 Å². The molecule has 2 bridgehead atoms. The summed E-state index contributed by atoms with van der Waals surface area (Å²) in [6.07, 6.45) is 5.37. The van der Waals surface area contributed by atoms with Crippen LogP contribution >= 0.6 is 0 Å². The number of methoxy groups -OCH3 is 1. The second-order valence-corrected chi connectivity index (χ2v) is 7.52. The SMILES string of the molecule is [C-]#[N+]c1cc(C2(OC)C3CCCC2CN(Cc2ccccc2)C3)ccn1. The van der Waals surface area contributed by atoms with Crippen LogP contribution in [0.15, 0.2) is 48.7 Å². The van der Waals surface area contributed by atoms with E-state index in [2.05, 4.69) is 51.1 Å². The number of hydrogen-bond donors (Lipinski definition) is 0. The number of likely N-dealkylation sites (tertiary alicyclic amines) is 1. The van der Waals surface area contributed by atoms with Gasteiger partial charge >= 0.3 is 0 Å². The minimum absolute atomic E-state index is 0.284. The van der Waals surface area contributed by atoms with Crippen LogP contribution in [0.2, 0.25) is 0 Å². The predicted molar refractivity (Wildman–Crippen MR) is 102 cm³/mol. The van der Waals surface area contributed by atoms with Gasteiger partial charge in [0.2, 0.25) is 0 Å². The first-order valence-electron chi connectivity index (χ1n) is 9.41. The first-order valence-corrected chi connectivity index (χ1v) is 9.41. The maximum atomic E-state index is 7.30. The van der Waals surface area contributed by atoms with E-state index in [0.717, 1.165) is 25.2 Å². The number of hydrogen-bond acceptors (Lipinski definition) is 3. The highest BCUT2D eigenvalue weighted by atomic mass is 16.5. The topological polar surface area (TPSA) is 29.7 Å². The van der Waals surface area contributed by atoms with Crippen molar-refractivity contribution in [1.82, 2.24) is 9.88 Å². The summed E-state index contributed by atoms with van der Waals surface area (Å²) in [5.74, 6) is 1.36. The first kappa shape index (κ1) is 17.2. The molecule has 2 aliphatic rings. The van der Waals surface area contributed by atoms with Gasteiger partial charge in [-0.3, -0.25) is 4.90 Å². The summed E-state index contributed by atoms with van der Waals surface area (Å²) in [5.41, 5.74) is 2.22. The van der Waals surface area contributed by atoms with E-state index in [1.165, 1.54) is 24.8 Å². The summed E-state index contributed by atoms with van der Waals surface area (Å²) in [4.78, 5) is 10.3. The Bertz CT molecular complexity index is 785. The summed E-state index contributed by atoms with van der Waals surface area (Å²) >= 11 is 0. The number of nitrogens with zero attached hydrogens (tertiary/aromatic N) is 3. The average Bonchev–Trinajstić information content (AvgIpc) is 2.68. The summed E-state index contributed by atoms with van der Waals surface area (Å²) in [7, 11) is 1.84. The zero-order valence-corrected chi connectivity index (χ0v) is 15.3. The molecule has 1 saturated heterocycles. The van der Waals surface area contributed by atoms with Crippen LogP contribution in [0.25, 0.3) is 4.85 Å². The van der Waals surface area contributed by atoms with Gasteiger partial charge in [-0.15, -0.1) is 4.98 Å². The Balaban J connectivity index is 1.64. The highest BCUT2D eigenvalue weighted by molar-refractivity contribution is 5.41. The molecular weight excluding hydrogens is 322 g/mol. The molecule has 4 nitrogen and oxygen atoms in total. The average molecular weight is 347 g/mol. The highest BCUT2D eigenvalue weighted by Gasteiger charge is 2.53. The molecule has 1 aliphatic heterocycles. The molecule has 1 aliphatic carbocycles. The minimum Gasteiger partial charge on any atom is -0.373 e. The van der Waals surface area contributed by atoms with Gasteiger partial charge in [-0.2, -0.15) is 0 Å². The van der Waals surface area contributed by atoms with E-state index in [1.54, 1.807) is 6.20 Å². The van der Waals surface area contributed by atoms with E-state index in [1.807, 2.05) is 13.2 Å². The van der Waals surface area contributed by atoms with Gasteiger partial charge in [0.05, 0.1) is 5.60 Å². The number of aromatic nitrogens is 1. The molecule has 0 N–H and O–H groups in total. The lowest BCUT2D eigenvalue weighted by Gasteiger charge is -2.55. The largest absolute Gasteiger partial charge is 0.373 e. The van der Waals surface area contributed by atoms with Crippen LogP contribution < -0.4 is 0 Å². The van der Waals surface area contributed by atoms with E-state index in [0.29, 0.717) is 17.7 Å².